The van der Waals surface area contributed by atoms with Gasteiger partial charge in [0, 0.05) is 25.5 Å². The fraction of sp³-hybridized carbons (Fsp3) is 0.333. The summed E-state index contributed by atoms with van der Waals surface area (Å²) in [6.07, 6.45) is 0. The third-order valence-corrected chi connectivity index (χ3v) is 2.26. The summed E-state index contributed by atoms with van der Waals surface area (Å²) in [7, 11) is 3.85. The molecule has 0 saturated heterocycles. The number of hydrogen-bond donors (Lipinski definition) is 3. The van der Waals surface area contributed by atoms with Gasteiger partial charge in [0.1, 0.15) is 13.2 Å². The van der Waals surface area contributed by atoms with Crippen LogP contribution >= 0.6 is 0 Å². The van der Waals surface area contributed by atoms with Crippen LogP contribution in [0.15, 0.2) is 24.3 Å². The second kappa shape index (κ2) is 7.34. The van der Waals surface area contributed by atoms with Crippen molar-refractivity contribution in [1.82, 2.24) is 5.48 Å². The Kier molecular flexibility index (Phi) is 5.77. The van der Waals surface area contributed by atoms with Crippen LogP contribution in [0.5, 0.6) is 0 Å². The van der Waals surface area contributed by atoms with Gasteiger partial charge in [-0.2, -0.15) is 0 Å². The number of hydroxylamine groups is 1. The lowest BCUT2D eigenvalue weighted by molar-refractivity contribution is -0.135. The fourth-order valence-electron chi connectivity index (χ4n) is 1.31. The van der Waals surface area contributed by atoms with Gasteiger partial charge >= 0.3 is 0 Å². The predicted molar refractivity (Wildman–Crippen MR) is 70.1 cm³/mol. The second-order valence-electron chi connectivity index (χ2n) is 4.02. The van der Waals surface area contributed by atoms with E-state index in [4.69, 9.17) is 9.94 Å². The number of carbonyl (C=O) groups excluding carboxylic acids is 2. The second-order valence-corrected chi connectivity index (χ2v) is 4.02. The van der Waals surface area contributed by atoms with Crippen LogP contribution in [0.25, 0.3) is 0 Å². The van der Waals surface area contributed by atoms with Crippen LogP contribution in [0, 0.1) is 0 Å². The first kappa shape index (κ1) is 14.9. The zero-order chi connectivity index (χ0) is 14.3. The molecule has 0 fully saturated rings. The third-order valence-electron chi connectivity index (χ3n) is 2.26. The molecule has 3 N–H and O–H groups in total. The van der Waals surface area contributed by atoms with Crippen LogP contribution in [0.2, 0.25) is 0 Å². The van der Waals surface area contributed by atoms with E-state index in [1.807, 2.05) is 31.1 Å². The summed E-state index contributed by atoms with van der Waals surface area (Å²) in [6.45, 7) is -0.633. The molecule has 1 aromatic rings. The summed E-state index contributed by atoms with van der Waals surface area (Å²) in [4.78, 5) is 24.0. The predicted octanol–water partition coefficient (Wildman–Crippen LogP) is 0.213. The Morgan fingerprint density at radius 2 is 1.74 bits per heavy atom. The molecule has 0 atom stereocenters. The van der Waals surface area contributed by atoms with E-state index in [1.165, 1.54) is 5.48 Å². The maximum absolute atomic E-state index is 11.5. The van der Waals surface area contributed by atoms with E-state index < -0.39 is 5.91 Å². The number of amides is 2. The number of nitrogens with one attached hydrogen (secondary N) is 2. The van der Waals surface area contributed by atoms with E-state index >= 15 is 0 Å². The normalized spacial score (nSPS) is 9.84. The van der Waals surface area contributed by atoms with Gasteiger partial charge in [-0.05, 0) is 24.3 Å². The van der Waals surface area contributed by atoms with Crippen molar-refractivity contribution in [1.29, 1.82) is 0 Å². The van der Waals surface area contributed by atoms with Crippen LogP contribution in [-0.4, -0.2) is 44.3 Å². The lowest BCUT2D eigenvalue weighted by atomic mass is 10.2. The van der Waals surface area contributed by atoms with E-state index in [9.17, 15) is 9.59 Å². The van der Waals surface area contributed by atoms with Gasteiger partial charge in [0.2, 0.25) is 5.91 Å². The van der Waals surface area contributed by atoms with Crippen molar-refractivity contribution in [2.45, 2.75) is 0 Å². The molecule has 0 aromatic heterocycles. The van der Waals surface area contributed by atoms with Crippen LogP contribution in [0.4, 0.5) is 11.4 Å². The van der Waals surface area contributed by atoms with E-state index in [1.54, 1.807) is 12.1 Å². The Hall–Kier alpha value is -2.12. The van der Waals surface area contributed by atoms with E-state index in [2.05, 4.69) is 5.32 Å². The Morgan fingerprint density at radius 3 is 2.26 bits per heavy atom. The summed E-state index contributed by atoms with van der Waals surface area (Å²) < 4.78 is 4.79. The molecule has 1 aromatic carbocycles. The number of anilines is 2. The molecule has 0 aliphatic carbocycles. The van der Waals surface area contributed by atoms with Crippen molar-refractivity contribution in [3.63, 3.8) is 0 Å². The minimum absolute atomic E-state index is 0.261. The molecule has 19 heavy (non-hydrogen) atoms. The topological polar surface area (TPSA) is 90.9 Å². The van der Waals surface area contributed by atoms with Gasteiger partial charge in [-0.3, -0.25) is 14.8 Å². The minimum Gasteiger partial charge on any atom is -0.378 e. The summed E-state index contributed by atoms with van der Waals surface area (Å²) in [6, 6.07) is 7.28. The van der Waals surface area contributed by atoms with Crippen LogP contribution < -0.4 is 15.7 Å². The fourth-order valence-corrected chi connectivity index (χ4v) is 1.31. The Balaban J connectivity index is 2.38. The number of carbonyl (C=O) groups is 2. The summed E-state index contributed by atoms with van der Waals surface area (Å²) >= 11 is 0. The zero-order valence-corrected chi connectivity index (χ0v) is 10.8. The minimum atomic E-state index is -0.705. The smallest absolute Gasteiger partial charge is 0.269 e. The molecule has 7 nitrogen and oxygen atoms in total. The van der Waals surface area contributed by atoms with Crippen molar-refractivity contribution in [2.24, 2.45) is 0 Å². The molecule has 0 saturated carbocycles. The van der Waals surface area contributed by atoms with Crippen LogP contribution in [-0.2, 0) is 14.3 Å². The van der Waals surface area contributed by atoms with Gasteiger partial charge in [0.25, 0.3) is 5.91 Å². The van der Waals surface area contributed by atoms with Gasteiger partial charge in [-0.15, -0.1) is 0 Å². The van der Waals surface area contributed by atoms with Crippen molar-refractivity contribution < 1.29 is 19.5 Å². The van der Waals surface area contributed by atoms with Gasteiger partial charge in [-0.25, -0.2) is 5.48 Å². The maximum Gasteiger partial charge on any atom is 0.269 e. The highest BCUT2D eigenvalue weighted by atomic mass is 16.5. The average molecular weight is 267 g/mol. The van der Waals surface area contributed by atoms with Crippen molar-refractivity contribution >= 4 is 23.2 Å². The zero-order valence-electron chi connectivity index (χ0n) is 10.8. The number of ether oxygens (including phenoxy) is 1. The maximum atomic E-state index is 11.5. The Morgan fingerprint density at radius 1 is 1.16 bits per heavy atom. The third kappa shape index (κ3) is 5.36. The largest absolute Gasteiger partial charge is 0.378 e. The molecule has 0 bridgehead atoms. The van der Waals surface area contributed by atoms with Crippen molar-refractivity contribution in [3.05, 3.63) is 24.3 Å². The van der Waals surface area contributed by atoms with E-state index in [0.717, 1.165) is 5.69 Å². The summed E-state index contributed by atoms with van der Waals surface area (Å²) in [5.41, 5.74) is 3.07. The van der Waals surface area contributed by atoms with Gasteiger partial charge in [0.15, 0.2) is 0 Å². The number of benzene rings is 1. The first-order chi connectivity index (χ1) is 9.02. The number of hydrogen-bond acceptors (Lipinski definition) is 5. The highest BCUT2D eigenvalue weighted by molar-refractivity contribution is 5.92. The molecule has 0 radical (unpaired) electrons. The van der Waals surface area contributed by atoms with Gasteiger partial charge in [-0.1, -0.05) is 0 Å². The molecule has 0 aliphatic heterocycles. The van der Waals surface area contributed by atoms with Gasteiger partial charge in [0.05, 0.1) is 0 Å². The lowest BCUT2D eigenvalue weighted by Crippen LogP contribution is -2.27. The Labute approximate surface area is 111 Å². The first-order valence-corrected chi connectivity index (χ1v) is 5.61. The van der Waals surface area contributed by atoms with Crippen molar-refractivity contribution in [2.75, 3.05) is 37.5 Å². The lowest BCUT2D eigenvalue weighted by Gasteiger charge is -2.13. The average Bonchev–Trinajstić information content (AvgIpc) is 2.39. The molecule has 0 aliphatic rings. The number of nitrogens with zero attached hydrogens (tertiary/aromatic N) is 1. The van der Waals surface area contributed by atoms with Gasteiger partial charge < -0.3 is 15.0 Å². The molecule has 0 spiro atoms. The molecule has 104 valence electrons. The molecule has 2 amide bonds. The van der Waals surface area contributed by atoms with Crippen LogP contribution in [0.1, 0.15) is 0 Å². The summed E-state index contributed by atoms with van der Waals surface area (Å²) in [5, 5.41) is 10.8. The quantitative estimate of drug-likeness (QED) is 0.506. The first-order valence-electron chi connectivity index (χ1n) is 5.61. The molecule has 0 heterocycles. The Bertz CT molecular complexity index is 431. The molecular formula is C12H17N3O4. The van der Waals surface area contributed by atoms with Crippen LogP contribution in [0.3, 0.4) is 0 Å². The standard InChI is InChI=1S/C12H17N3O4/c1-15(2)10-5-3-9(4-6-10)13-11(16)7-19-8-12(17)14-18/h3-6,18H,7-8H2,1-2H3,(H,13,16)(H,14,17). The molecule has 0 unspecified atom stereocenters. The van der Waals surface area contributed by atoms with E-state index in [-0.39, 0.29) is 19.1 Å². The molecule has 7 heteroatoms. The SMILES string of the molecule is CN(C)c1ccc(NC(=O)COCC(=O)NO)cc1. The highest BCUT2D eigenvalue weighted by Gasteiger charge is 2.05. The van der Waals surface area contributed by atoms with Crippen molar-refractivity contribution in [3.8, 4) is 0 Å². The number of rotatable bonds is 6. The molecular weight excluding hydrogens is 250 g/mol. The highest BCUT2D eigenvalue weighted by Crippen LogP contribution is 2.15. The molecule has 1 rings (SSSR count). The van der Waals surface area contributed by atoms with E-state index in [0.29, 0.717) is 5.69 Å². The monoisotopic (exact) mass is 267 g/mol. The summed E-state index contributed by atoms with van der Waals surface area (Å²) in [5.74, 6) is -1.08.